The van der Waals surface area contributed by atoms with Crippen LogP contribution in [0.5, 0.6) is 0 Å². The number of carbonyl (C=O) groups is 2. The van der Waals surface area contributed by atoms with Crippen molar-refractivity contribution >= 4 is 11.8 Å². The lowest BCUT2D eigenvalue weighted by Crippen LogP contribution is -2.31. The number of amides is 2. The number of likely N-dealkylation sites (tertiary alicyclic amines) is 1. The van der Waals surface area contributed by atoms with Gasteiger partial charge in [-0.2, -0.15) is 0 Å². The summed E-state index contributed by atoms with van der Waals surface area (Å²) in [6, 6.07) is 0. The average molecular weight is 213 g/mol. The summed E-state index contributed by atoms with van der Waals surface area (Å²) in [4.78, 5) is 24.2. The molecule has 1 aliphatic heterocycles. The minimum absolute atomic E-state index is 0.0444. The first-order valence-corrected chi connectivity index (χ1v) is 5.54. The van der Waals surface area contributed by atoms with Gasteiger partial charge in [0.15, 0.2) is 0 Å². The Kier molecular flexibility index (Phi) is 4.27. The van der Waals surface area contributed by atoms with E-state index in [1.165, 1.54) is 4.90 Å². The van der Waals surface area contributed by atoms with Gasteiger partial charge in [0.05, 0.1) is 6.10 Å². The van der Waals surface area contributed by atoms with Gasteiger partial charge in [0.1, 0.15) is 0 Å². The van der Waals surface area contributed by atoms with E-state index in [-0.39, 0.29) is 23.8 Å². The van der Waals surface area contributed by atoms with Crippen LogP contribution in [-0.4, -0.2) is 34.5 Å². The van der Waals surface area contributed by atoms with Crippen LogP contribution in [0, 0.1) is 5.92 Å². The molecule has 4 heteroatoms. The van der Waals surface area contributed by atoms with E-state index in [1.54, 1.807) is 13.8 Å². The SMILES string of the molecule is CC(O)CCCCN1C(=O)CC(C)C1=O. The summed E-state index contributed by atoms with van der Waals surface area (Å²) in [5.41, 5.74) is 0. The standard InChI is InChI=1S/C11H19NO3/c1-8-7-10(14)12(11(8)15)6-4-3-5-9(2)13/h8-9,13H,3-7H2,1-2H3. The summed E-state index contributed by atoms with van der Waals surface area (Å²) in [5, 5.41) is 9.04. The van der Waals surface area contributed by atoms with Gasteiger partial charge in [0.25, 0.3) is 0 Å². The molecule has 0 saturated carbocycles. The maximum Gasteiger partial charge on any atom is 0.232 e. The average Bonchev–Trinajstić information content (AvgIpc) is 2.37. The van der Waals surface area contributed by atoms with Gasteiger partial charge in [-0.15, -0.1) is 0 Å². The quantitative estimate of drug-likeness (QED) is 0.546. The molecular formula is C11H19NO3. The zero-order chi connectivity index (χ0) is 11.4. The maximum atomic E-state index is 11.5. The predicted octanol–water partition coefficient (Wildman–Crippen LogP) is 0.932. The number of hydrogen-bond acceptors (Lipinski definition) is 3. The lowest BCUT2D eigenvalue weighted by Gasteiger charge is -2.14. The smallest absolute Gasteiger partial charge is 0.232 e. The molecular weight excluding hydrogens is 194 g/mol. The van der Waals surface area contributed by atoms with Crippen LogP contribution in [0.2, 0.25) is 0 Å². The van der Waals surface area contributed by atoms with E-state index in [2.05, 4.69) is 0 Å². The summed E-state index contributed by atoms with van der Waals surface area (Å²) in [7, 11) is 0. The first-order chi connectivity index (χ1) is 7.02. The molecule has 2 unspecified atom stereocenters. The molecule has 1 saturated heterocycles. The Morgan fingerprint density at radius 1 is 1.47 bits per heavy atom. The van der Waals surface area contributed by atoms with Gasteiger partial charge in [-0.25, -0.2) is 0 Å². The number of carbonyl (C=O) groups excluding carboxylic acids is 2. The second-order valence-electron chi connectivity index (χ2n) is 4.33. The van der Waals surface area contributed by atoms with E-state index in [0.29, 0.717) is 13.0 Å². The molecule has 0 aromatic heterocycles. The van der Waals surface area contributed by atoms with Crippen molar-refractivity contribution in [1.82, 2.24) is 4.90 Å². The minimum Gasteiger partial charge on any atom is -0.393 e. The topological polar surface area (TPSA) is 57.6 Å². The fourth-order valence-electron chi connectivity index (χ4n) is 1.79. The molecule has 1 rings (SSSR count). The summed E-state index contributed by atoms with van der Waals surface area (Å²) in [5.74, 6) is -0.240. The fourth-order valence-corrected chi connectivity index (χ4v) is 1.79. The Hall–Kier alpha value is -0.900. The molecule has 2 atom stereocenters. The van der Waals surface area contributed by atoms with E-state index in [1.807, 2.05) is 0 Å². The number of aliphatic hydroxyl groups excluding tert-OH is 1. The molecule has 86 valence electrons. The molecule has 0 radical (unpaired) electrons. The number of rotatable bonds is 5. The molecule has 0 aliphatic carbocycles. The monoisotopic (exact) mass is 213 g/mol. The van der Waals surface area contributed by atoms with E-state index in [0.717, 1.165) is 19.3 Å². The van der Waals surface area contributed by atoms with Gasteiger partial charge < -0.3 is 5.11 Å². The molecule has 0 aromatic rings. The zero-order valence-corrected chi connectivity index (χ0v) is 9.40. The van der Waals surface area contributed by atoms with Crippen LogP contribution >= 0.6 is 0 Å². The summed E-state index contributed by atoms with van der Waals surface area (Å²) in [6.07, 6.45) is 2.42. The zero-order valence-electron chi connectivity index (χ0n) is 9.40. The van der Waals surface area contributed by atoms with Crippen molar-refractivity contribution in [3.05, 3.63) is 0 Å². The van der Waals surface area contributed by atoms with Gasteiger partial charge in [-0.05, 0) is 26.2 Å². The van der Waals surface area contributed by atoms with Gasteiger partial charge in [0.2, 0.25) is 11.8 Å². The number of hydrogen-bond donors (Lipinski definition) is 1. The number of aliphatic hydroxyl groups is 1. The van der Waals surface area contributed by atoms with Crippen molar-refractivity contribution < 1.29 is 14.7 Å². The summed E-state index contributed by atoms with van der Waals surface area (Å²) in [6.45, 7) is 4.04. The molecule has 2 amide bonds. The molecule has 0 spiro atoms. The van der Waals surface area contributed by atoms with Crippen molar-refractivity contribution in [2.24, 2.45) is 5.92 Å². The number of unbranched alkanes of at least 4 members (excludes halogenated alkanes) is 1. The molecule has 1 heterocycles. The van der Waals surface area contributed by atoms with Crippen molar-refractivity contribution in [2.45, 2.75) is 45.6 Å². The largest absolute Gasteiger partial charge is 0.393 e. The van der Waals surface area contributed by atoms with E-state index >= 15 is 0 Å². The third kappa shape index (κ3) is 3.30. The van der Waals surface area contributed by atoms with Crippen LogP contribution in [-0.2, 0) is 9.59 Å². The molecule has 0 aromatic carbocycles. The lowest BCUT2D eigenvalue weighted by atomic mass is 10.1. The Bertz CT molecular complexity index is 250. The Balaban J connectivity index is 2.27. The normalized spacial score (nSPS) is 23.7. The first kappa shape index (κ1) is 12.2. The fraction of sp³-hybridized carbons (Fsp3) is 0.818. The summed E-state index contributed by atoms with van der Waals surface area (Å²) < 4.78 is 0. The molecule has 4 nitrogen and oxygen atoms in total. The highest BCUT2D eigenvalue weighted by molar-refractivity contribution is 6.03. The second kappa shape index (κ2) is 5.26. The molecule has 1 aliphatic rings. The molecule has 0 bridgehead atoms. The molecule has 15 heavy (non-hydrogen) atoms. The molecule has 1 N–H and O–H groups in total. The third-order valence-electron chi connectivity index (χ3n) is 2.72. The van der Waals surface area contributed by atoms with Crippen LogP contribution in [0.3, 0.4) is 0 Å². The Morgan fingerprint density at radius 3 is 2.60 bits per heavy atom. The van der Waals surface area contributed by atoms with Crippen LogP contribution in [0.4, 0.5) is 0 Å². The van der Waals surface area contributed by atoms with Crippen molar-refractivity contribution in [3.63, 3.8) is 0 Å². The number of imide groups is 1. The third-order valence-corrected chi connectivity index (χ3v) is 2.72. The van der Waals surface area contributed by atoms with Crippen LogP contribution < -0.4 is 0 Å². The highest BCUT2D eigenvalue weighted by atomic mass is 16.3. The van der Waals surface area contributed by atoms with Crippen molar-refractivity contribution in [1.29, 1.82) is 0 Å². The van der Waals surface area contributed by atoms with Crippen molar-refractivity contribution in [3.8, 4) is 0 Å². The van der Waals surface area contributed by atoms with Gasteiger partial charge in [-0.3, -0.25) is 14.5 Å². The van der Waals surface area contributed by atoms with Gasteiger partial charge in [0, 0.05) is 18.9 Å². The van der Waals surface area contributed by atoms with Gasteiger partial charge in [-0.1, -0.05) is 6.92 Å². The van der Waals surface area contributed by atoms with Crippen LogP contribution in [0.1, 0.15) is 39.5 Å². The lowest BCUT2D eigenvalue weighted by molar-refractivity contribution is -0.139. The molecule has 1 fully saturated rings. The highest BCUT2D eigenvalue weighted by Crippen LogP contribution is 2.19. The van der Waals surface area contributed by atoms with Crippen molar-refractivity contribution in [2.75, 3.05) is 6.54 Å². The predicted molar refractivity (Wildman–Crippen MR) is 56.0 cm³/mol. The van der Waals surface area contributed by atoms with E-state index < -0.39 is 0 Å². The van der Waals surface area contributed by atoms with E-state index in [4.69, 9.17) is 5.11 Å². The van der Waals surface area contributed by atoms with Crippen LogP contribution in [0.15, 0.2) is 0 Å². The summed E-state index contributed by atoms with van der Waals surface area (Å²) >= 11 is 0. The van der Waals surface area contributed by atoms with Crippen LogP contribution in [0.25, 0.3) is 0 Å². The highest BCUT2D eigenvalue weighted by Gasteiger charge is 2.34. The Labute approximate surface area is 90.3 Å². The second-order valence-corrected chi connectivity index (χ2v) is 4.33. The first-order valence-electron chi connectivity index (χ1n) is 5.54. The van der Waals surface area contributed by atoms with Gasteiger partial charge >= 0.3 is 0 Å². The minimum atomic E-state index is -0.297. The Morgan fingerprint density at radius 2 is 2.13 bits per heavy atom. The van der Waals surface area contributed by atoms with E-state index in [9.17, 15) is 9.59 Å². The number of nitrogens with zero attached hydrogens (tertiary/aromatic N) is 1. The maximum absolute atomic E-state index is 11.5.